The predicted octanol–water partition coefficient (Wildman–Crippen LogP) is 5.74. The van der Waals surface area contributed by atoms with E-state index in [4.69, 9.17) is 9.79 Å². The number of fused-ring (bicyclic) bond motifs is 1. The van der Waals surface area contributed by atoms with E-state index >= 15 is 0 Å². The second-order valence-corrected chi connectivity index (χ2v) is 12.1. The van der Waals surface area contributed by atoms with Crippen LogP contribution in [0.2, 0.25) is 0 Å². The van der Waals surface area contributed by atoms with E-state index < -0.39 is 15.6 Å². The number of rotatable bonds is 8. The van der Waals surface area contributed by atoms with Crippen LogP contribution in [0.3, 0.4) is 0 Å². The lowest BCUT2D eigenvalue weighted by Crippen LogP contribution is -2.49. The zero-order valence-electron chi connectivity index (χ0n) is 18.1. The molecule has 1 fully saturated rings. The first-order valence-electron chi connectivity index (χ1n) is 10.3. The van der Waals surface area contributed by atoms with E-state index in [2.05, 4.69) is 42.6 Å². The Morgan fingerprint density at radius 2 is 1.93 bits per heavy atom. The molecular formula is C20H36O7P2. The van der Waals surface area contributed by atoms with Crippen molar-refractivity contribution in [3.63, 3.8) is 0 Å². The van der Waals surface area contributed by atoms with Gasteiger partial charge in [0.1, 0.15) is 0 Å². The number of phosphoric acid groups is 2. The maximum Gasteiger partial charge on any atom is 0.481 e. The first kappa shape index (κ1) is 25.0. The van der Waals surface area contributed by atoms with Crippen LogP contribution in [0.4, 0.5) is 0 Å². The Balaban J connectivity index is 2.00. The van der Waals surface area contributed by atoms with Crippen molar-refractivity contribution < 1.29 is 32.6 Å². The van der Waals surface area contributed by atoms with Gasteiger partial charge in [-0.1, -0.05) is 44.1 Å². The van der Waals surface area contributed by atoms with Gasteiger partial charge in [-0.15, -0.1) is 0 Å². The first-order chi connectivity index (χ1) is 13.2. The molecule has 0 aromatic rings. The van der Waals surface area contributed by atoms with Crippen LogP contribution in [0.5, 0.6) is 0 Å². The van der Waals surface area contributed by atoms with Crippen LogP contribution >= 0.6 is 15.6 Å². The standard InChI is InChI=1S/C20H36O7P2/c1-15(11-14-26-29(24,25)27-28(21,22)23)9-12-19(4)17(3)10-13-20(5)16(2)7-6-8-18(19)20/h7,11,17-18H,6,8-10,12-14H2,1-5H3,(H,24,25)(H2,21,22,23). The molecule has 9 heteroatoms. The summed E-state index contributed by atoms with van der Waals surface area (Å²) in [6.07, 6.45) is 10.8. The average molecular weight is 450 g/mol. The van der Waals surface area contributed by atoms with E-state index in [0.717, 1.165) is 24.8 Å². The molecule has 0 amide bonds. The van der Waals surface area contributed by atoms with Crippen molar-refractivity contribution in [2.24, 2.45) is 22.7 Å². The summed E-state index contributed by atoms with van der Waals surface area (Å²) in [5, 5.41) is 0. The van der Waals surface area contributed by atoms with Crippen molar-refractivity contribution in [1.29, 1.82) is 0 Å². The number of hydrogen-bond donors (Lipinski definition) is 3. The fourth-order valence-corrected chi connectivity index (χ4v) is 6.86. The van der Waals surface area contributed by atoms with Gasteiger partial charge in [0, 0.05) is 0 Å². The van der Waals surface area contributed by atoms with E-state index in [0.29, 0.717) is 11.8 Å². The summed E-state index contributed by atoms with van der Waals surface area (Å²) in [7, 11) is -9.88. The largest absolute Gasteiger partial charge is 0.481 e. The second kappa shape index (κ2) is 9.08. The molecule has 2 rings (SSSR count). The summed E-state index contributed by atoms with van der Waals surface area (Å²) in [5.74, 6) is 1.27. The molecule has 168 valence electrons. The topological polar surface area (TPSA) is 113 Å². The van der Waals surface area contributed by atoms with Crippen molar-refractivity contribution in [3.8, 4) is 0 Å². The summed E-state index contributed by atoms with van der Waals surface area (Å²) in [4.78, 5) is 26.6. The third-order valence-electron chi connectivity index (χ3n) is 7.53. The highest BCUT2D eigenvalue weighted by Crippen LogP contribution is 2.62. The highest BCUT2D eigenvalue weighted by molar-refractivity contribution is 7.60. The van der Waals surface area contributed by atoms with E-state index in [-0.39, 0.29) is 17.4 Å². The molecule has 5 atom stereocenters. The Hall–Kier alpha value is -0.260. The molecule has 0 aromatic heterocycles. The summed E-state index contributed by atoms with van der Waals surface area (Å²) >= 11 is 0. The molecule has 1 saturated carbocycles. The third kappa shape index (κ3) is 6.13. The van der Waals surface area contributed by atoms with Gasteiger partial charge in [0.2, 0.25) is 0 Å². The van der Waals surface area contributed by atoms with Crippen LogP contribution < -0.4 is 0 Å². The van der Waals surface area contributed by atoms with Gasteiger partial charge < -0.3 is 14.7 Å². The second-order valence-electron chi connectivity index (χ2n) is 9.27. The van der Waals surface area contributed by atoms with Gasteiger partial charge in [0.25, 0.3) is 0 Å². The molecule has 2 aliphatic rings. The molecule has 0 bridgehead atoms. The number of hydrogen-bond acceptors (Lipinski definition) is 4. The Labute approximate surface area is 174 Å². The van der Waals surface area contributed by atoms with Crippen LogP contribution in [-0.2, 0) is 18.0 Å². The summed E-state index contributed by atoms with van der Waals surface area (Å²) in [6.45, 7) is 11.2. The maximum absolute atomic E-state index is 11.5. The molecule has 0 spiro atoms. The van der Waals surface area contributed by atoms with E-state index in [1.165, 1.54) is 24.8 Å². The molecule has 5 unspecified atom stereocenters. The Bertz CT molecular complexity index is 756. The van der Waals surface area contributed by atoms with Crippen LogP contribution in [-0.4, -0.2) is 21.3 Å². The monoisotopic (exact) mass is 450 g/mol. The van der Waals surface area contributed by atoms with E-state index in [9.17, 15) is 14.0 Å². The smallest absolute Gasteiger partial charge is 0.302 e. The molecule has 0 heterocycles. The number of allylic oxidation sites excluding steroid dienone is 3. The van der Waals surface area contributed by atoms with Gasteiger partial charge >= 0.3 is 15.6 Å². The molecule has 0 saturated heterocycles. The molecule has 7 nitrogen and oxygen atoms in total. The Morgan fingerprint density at radius 3 is 2.55 bits per heavy atom. The highest BCUT2D eigenvalue weighted by atomic mass is 31.3. The minimum atomic E-state index is -5.09. The molecule has 2 aliphatic carbocycles. The molecule has 29 heavy (non-hydrogen) atoms. The molecule has 0 radical (unpaired) electrons. The Morgan fingerprint density at radius 1 is 1.28 bits per heavy atom. The summed E-state index contributed by atoms with van der Waals surface area (Å²) in [6, 6.07) is 0. The van der Waals surface area contributed by atoms with Crippen molar-refractivity contribution >= 4 is 15.6 Å². The van der Waals surface area contributed by atoms with Crippen molar-refractivity contribution in [3.05, 3.63) is 23.3 Å². The van der Waals surface area contributed by atoms with Crippen LogP contribution in [0.1, 0.15) is 73.1 Å². The Kier molecular flexibility index (Phi) is 7.83. The lowest BCUT2D eigenvalue weighted by molar-refractivity contribution is -0.0466. The fraction of sp³-hybridized carbons (Fsp3) is 0.800. The third-order valence-corrected chi connectivity index (χ3v) is 9.68. The zero-order valence-corrected chi connectivity index (χ0v) is 19.9. The first-order valence-corrected chi connectivity index (χ1v) is 13.3. The quantitative estimate of drug-likeness (QED) is 0.319. The number of phosphoric ester groups is 1. The van der Waals surface area contributed by atoms with Gasteiger partial charge in [-0.25, -0.2) is 9.13 Å². The van der Waals surface area contributed by atoms with Gasteiger partial charge in [-0.3, -0.25) is 4.52 Å². The zero-order chi connectivity index (χ0) is 22.1. The van der Waals surface area contributed by atoms with Gasteiger partial charge in [0.15, 0.2) is 0 Å². The minimum absolute atomic E-state index is 0.217. The van der Waals surface area contributed by atoms with Gasteiger partial charge in [-0.2, -0.15) is 4.31 Å². The fourth-order valence-electron chi connectivity index (χ4n) is 5.33. The predicted molar refractivity (Wildman–Crippen MR) is 113 cm³/mol. The maximum atomic E-state index is 11.5. The van der Waals surface area contributed by atoms with Crippen molar-refractivity contribution in [2.45, 2.75) is 73.1 Å². The minimum Gasteiger partial charge on any atom is -0.302 e. The van der Waals surface area contributed by atoms with Crippen molar-refractivity contribution in [1.82, 2.24) is 0 Å². The highest BCUT2D eigenvalue weighted by Gasteiger charge is 2.52. The SMILES string of the molecule is CC(=CCOP(=O)(O)OP(=O)(O)O)CCC1(C)C(C)CCC2(C)C(C)=CCCC21. The van der Waals surface area contributed by atoms with Gasteiger partial charge in [0.05, 0.1) is 6.61 Å². The molecule has 0 aromatic carbocycles. The van der Waals surface area contributed by atoms with E-state index in [1.54, 1.807) is 6.08 Å². The van der Waals surface area contributed by atoms with Crippen LogP contribution in [0.25, 0.3) is 0 Å². The molecule has 3 N–H and O–H groups in total. The molecular weight excluding hydrogens is 414 g/mol. The van der Waals surface area contributed by atoms with Crippen molar-refractivity contribution in [2.75, 3.05) is 6.61 Å². The van der Waals surface area contributed by atoms with E-state index in [1.807, 2.05) is 6.92 Å². The van der Waals surface area contributed by atoms with Crippen LogP contribution in [0.15, 0.2) is 23.3 Å². The lowest BCUT2D eigenvalue weighted by Gasteiger charge is -2.58. The molecule has 0 aliphatic heterocycles. The van der Waals surface area contributed by atoms with Crippen LogP contribution in [0, 0.1) is 22.7 Å². The van der Waals surface area contributed by atoms with Gasteiger partial charge in [-0.05, 0) is 75.0 Å². The average Bonchev–Trinajstić information content (AvgIpc) is 2.57. The lowest BCUT2D eigenvalue weighted by atomic mass is 9.47. The normalized spacial score (nSPS) is 35.6. The summed E-state index contributed by atoms with van der Waals surface area (Å²) < 4.78 is 30.6. The summed E-state index contributed by atoms with van der Waals surface area (Å²) in [5.41, 5.74) is 3.03.